The third-order valence-corrected chi connectivity index (χ3v) is 2.17. The first-order valence-electron chi connectivity index (χ1n) is 4.88. The number of aromatic nitrogens is 2. The highest BCUT2D eigenvalue weighted by molar-refractivity contribution is 5.31. The van der Waals surface area contributed by atoms with E-state index >= 15 is 0 Å². The Morgan fingerprint density at radius 1 is 1.38 bits per heavy atom. The molecule has 0 radical (unpaired) electrons. The summed E-state index contributed by atoms with van der Waals surface area (Å²) >= 11 is 0. The molecule has 0 bridgehead atoms. The predicted octanol–water partition coefficient (Wildman–Crippen LogP) is 1.87. The molecule has 4 heteroatoms. The van der Waals surface area contributed by atoms with E-state index < -0.39 is 0 Å². The van der Waals surface area contributed by atoms with Crippen molar-refractivity contribution in [2.75, 3.05) is 0 Å². The predicted molar refractivity (Wildman–Crippen MR) is 58.7 cm³/mol. The van der Waals surface area contributed by atoms with Crippen molar-refractivity contribution in [3.63, 3.8) is 0 Å². The molecular weight excluding hydrogens is 202 g/mol. The lowest BCUT2D eigenvalue weighted by Crippen LogP contribution is -1.94. The summed E-state index contributed by atoms with van der Waals surface area (Å²) in [6, 6.07) is 9.40. The van der Waals surface area contributed by atoms with Gasteiger partial charge in [-0.25, -0.2) is 0 Å². The Labute approximate surface area is 93.7 Å². The lowest BCUT2D eigenvalue weighted by atomic mass is 10.2. The molecule has 2 aromatic rings. The molecule has 4 nitrogen and oxygen atoms in total. The molecule has 80 valence electrons. The molecule has 0 spiro atoms. The molecule has 1 heterocycles. The van der Waals surface area contributed by atoms with Crippen molar-refractivity contribution in [2.45, 2.75) is 6.61 Å². The molecule has 2 rings (SSSR count). The van der Waals surface area contributed by atoms with E-state index in [1.807, 2.05) is 25.4 Å². The quantitative estimate of drug-likeness (QED) is 0.782. The monoisotopic (exact) mass is 213 g/mol. The van der Waals surface area contributed by atoms with Gasteiger partial charge in [-0.15, -0.1) is 0 Å². The van der Waals surface area contributed by atoms with E-state index in [-0.39, 0.29) is 0 Å². The number of hydrogen-bond donors (Lipinski definition) is 0. The first-order chi connectivity index (χ1) is 7.78. The van der Waals surface area contributed by atoms with Crippen LogP contribution in [0.5, 0.6) is 5.75 Å². The van der Waals surface area contributed by atoms with Crippen molar-refractivity contribution in [2.24, 2.45) is 7.05 Å². The highest BCUT2D eigenvalue weighted by atomic mass is 16.5. The van der Waals surface area contributed by atoms with Crippen LogP contribution in [0.3, 0.4) is 0 Å². The Balaban J connectivity index is 1.97. The van der Waals surface area contributed by atoms with E-state index in [0.29, 0.717) is 12.2 Å². The van der Waals surface area contributed by atoms with Crippen LogP contribution >= 0.6 is 0 Å². The van der Waals surface area contributed by atoms with Crippen molar-refractivity contribution >= 4 is 0 Å². The zero-order chi connectivity index (χ0) is 11.4. The number of aryl methyl sites for hydroxylation is 1. The van der Waals surface area contributed by atoms with Crippen LogP contribution in [0.1, 0.15) is 11.1 Å². The Morgan fingerprint density at radius 3 is 2.69 bits per heavy atom. The van der Waals surface area contributed by atoms with Gasteiger partial charge in [-0.05, 0) is 17.7 Å². The van der Waals surface area contributed by atoms with Gasteiger partial charge in [0.15, 0.2) is 5.75 Å². The largest absolute Gasteiger partial charge is 0.486 e. The third kappa shape index (κ3) is 2.39. The fourth-order valence-electron chi connectivity index (χ4n) is 1.32. The summed E-state index contributed by atoms with van der Waals surface area (Å²) in [6.45, 7) is 0.484. The second kappa shape index (κ2) is 4.49. The minimum atomic E-state index is 0.484. The standard InChI is InChI=1S/C12H11N3O/c1-15-8-12(7-14-15)16-9-11-4-2-10(6-13)3-5-11/h2-5,7-8H,9H2,1H3. The number of benzene rings is 1. The van der Waals surface area contributed by atoms with Gasteiger partial charge in [-0.2, -0.15) is 10.4 Å². The zero-order valence-corrected chi connectivity index (χ0v) is 8.92. The lowest BCUT2D eigenvalue weighted by Gasteiger charge is -2.02. The molecule has 16 heavy (non-hydrogen) atoms. The van der Waals surface area contributed by atoms with Gasteiger partial charge in [0, 0.05) is 7.05 Å². The highest BCUT2D eigenvalue weighted by Crippen LogP contribution is 2.11. The van der Waals surface area contributed by atoms with Crippen LogP contribution in [0.2, 0.25) is 0 Å². The maximum atomic E-state index is 8.65. The van der Waals surface area contributed by atoms with E-state index in [9.17, 15) is 0 Å². The van der Waals surface area contributed by atoms with E-state index in [1.54, 1.807) is 23.0 Å². The van der Waals surface area contributed by atoms with Crippen LogP contribution in [0.4, 0.5) is 0 Å². The Bertz CT molecular complexity index is 508. The molecule has 0 N–H and O–H groups in total. The number of hydrogen-bond acceptors (Lipinski definition) is 3. The molecule has 1 aromatic heterocycles. The molecule has 0 aliphatic heterocycles. The second-order valence-corrected chi connectivity index (χ2v) is 3.45. The maximum absolute atomic E-state index is 8.65. The summed E-state index contributed by atoms with van der Waals surface area (Å²) < 4.78 is 7.21. The average Bonchev–Trinajstić information content (AvgIpc) is 2.73. The minimum absolute atomic E-state index is 0.484. The van der Waals surface area contributed by atoms with Crippen molar-refractivity contribution in [1.82, 2.24) is 9.78 Å². The van der Waals surface area contributed by atoms with E-state index in [0.717, 1.165) is 11.3 Å². The first kappa shape index (κ1) is 10.2. The van der Waals surface area contributed by atoms with Crippen LogP contribution in [-0.2, 0) is 13.7 Å². The van der Waals surface area contributed by atoms with E-state index in [4.69, 9.17) is 10.00 Å². The van der Waals surface area contributed by atoms with E-state index in [2.05, 4.69) is 11.2 Å². The number of nitrogens with zero attached hydrogens (tertiary/aromatic N) is 3. The van der Waals surface area contributed by atoms with Gasteiger partial charge in [0.25, 0.3) is 0 Å². The Kier molecular flexibility index (Phi) is 2.88. The third-order valence-electron chi connectivity index (χ3n) is 2.17. The smallest absolute Gasteiger partial charge is 0.157 e. The first-order valence-corrected chi connectivity index (χ1v) is 4.88. The molecule has 0 fully saturated rings. The molecule has 0 unspecified atom stereocenters. The van der Waals surface area contributed by atoms with Crippen molar-refractivity contribution in [3.05, 3.63) is 47.8 Å². The zero-order valence-electron chi connectivity index (χ0n) is 8.92. The summed E-state index contributed by atoms with van der Waals surface area (Å²) in [5, 5.41) is 12.7. The van der Waals surface area contributed by atoms with Gasteiger partial charge in [0.2, 0.25) is 0 Å². The fraction of sp³-hybridized carbons (Fsp3) is 0.167. The van der Waals surface area contributed by atoms with Crippen LogP contribution < -0.4 is 4.74 Å². The summed E-state index contributed by atoms with van der Waals surface area (Å²) in [4.78, 5) is 0. The van der Waals surface area contributed by atoms with Crippen LogP contribution in [0.15, 0.2) is 36.7 Å². The summed E-state index contributed by atoms with van der Waals surface area (Å²) in [6.07, 6.45) is 3.48. The molecule has 0 amide bonds. The van der Waals surface area contributed by atoms with Gasteiger partial charge < -0.3 is 4.74 Å². The molecular formula is C12H11N3O. The van der Waals surface area contributed by atoms with E-state index in [1.165, 1.54) is 0 Å². The SMILES string of the molecule is Cn1cc(OCc2ccc(C#N)cc2)cn1. The maximum Gasteiger partial charge on any atom is 0.157 e. The molecule has 0 saturated heterocycles. The number of rotatable bonds is 3. The van der Waals surface area contributed by atoms with Gasteiger partial charge in [0.1, 0.15) is 6.61 Å². The van der Waals surface area contributed by atoms with Crippen LogP contribution in [-0.4, -0.2) is 9.78 Å². The minimum Gasteiger partial charge on any atom is -0.486 e. The molecule has 1 aromatic carbocycles. The second-order valence-electron chi connectivity index (χ2n) is 3.45. The van der Waals surface area contributed by atoms with Gasteiger partial charge in [-0.1, -0.05) is 12.1 Å². The molecule has 0 atom stereocenters. The summed E-state index contributed by atoms with van der Waals surface area (Å²) in [5.41, 5.74) is 1.69. The Morgan fingerprint density at radius 2 is 2.12 bits per heavy atom. The number of ether oxygens (including phenoxy) is 1. The van der Waals surface area contributed by atoms with Gasteiger partial charge in [0.05, 0.1) is 24.0 Å². The highest BCUT2D eigenvalue weighted by Gasteiger charge is 1.98. The molecule has 0 aliphatic carbocycles. The topological polar surface area (TPSA) is 50.8 Å². The number of nitriles is 1. The van der Waals surface area contributed by atoms with Gasteiger partial charge in [-0.3, -0.25) is 4.68 Å². The average molecular weight is 213 g/mol. The van der Waals surface area contributed by atoms with Gasteiger partial charge >= 0.3 is 0 Å². The normalized spacial score (nSPS) is 9.75. The lowest BCUT2D eigenvalue weighted by molar-refractivity contribution is 0.306. The van der Waals surface area contributed by atoms with Crippen molar-refractivity contribution < 1.29 is 4.74 Å². The Hall–Kier alpha value is -2.28. The summed E-state index contributed by atoms with van der Waals surface area (Å²) in [7, 11) is 1.84. The molecule has 0 aliphatic rings. The van der Waals surface area contributed by atoms with Crippen molar-refractivity contribution in [1.29, 1.82) is 5.26 Å². The van der Waals surface area contributed by atoms with Crippen LogP contribution in [0, 0.1) is 11.3 Å². The van der Waals surface area contributed by atoms with Crippen molar-refractivity contribution in [3.8, 4) is 11.8 Å². The molecule has 0 saturated carbocycles. The fourth-order valence-corrected chi connectivity index (χ4v) is 1.32. The van der Waals surface area contributed by atoms with Crippen LogP contribution in [0.25, 0.3) is 0 Å². The summed E-state index contributed by atoms with van der Waals surface area (Å²) in [5.74, 6) is 0.742.